The minimum atomic E-state index is -0.383. The number of ether oxygens (including phenoxy) is 1. The molecule has 6 aromatic carbocycles. The topological polar surface area (TPSA) is 24.9 Å². The molecule has 48 heavy (non-hydrogen) atoms. The van der Waals surface area contributed by atoms with Gasteiger partial charge in [0.2, 0.25) is 0 Å². The van der Waals surface area contributed by atoms with Crippen LogP contribution >= 0.6 is 9.24 Å². The minimum Gasteiger partial charge on any atom is -0.453 e. The van der Waals surface area contributed by atoms with Crippen LogP contribution < -0.4 is 20.0 Å². The number of hydrogen-bond donors (Lipinski definition) is 0. The predicted octanol–water partition coefficient (Wildman–Crippen LogP) is 11.1. The third-order valence-corrected chi connectivity index (χ3v) is 9.89. The van der Waals surface area contributed by atoms with Gasteiger partial charge in [-0.1, -0.05) is 98.8 Å². The second-order valence-corrected chi connectivity index (χ2v) is 14.6. The van der Waals surface area contributed by atoms with E-state index in [4.69, 9.17) is 9.39 Å². The van der Waals surface area contributed by atoms with Crippen molar-refractivity contribution < 1.29 is 9.39 Å². The predicted molar refractivity (Wildman–Crippen MR) is 206 cm³/mol. The van der Waals surface area contributed by atoms with Gasteiger partial charge in [0.15, 0.2) is 11.5 Å². The van der Waals surface area contributed by atoms with Crippen LogP contribution in [0, 0.1) is 0 Å². The van der Waals surface area contributed by atoms with Gasteiger partial charge in [0.25, 0.3) is 0 Å². The zero-order valence-corrected chi connectivity index (χ0v) is 29.0. The number of anilines is 6. The third kappa shape index (κ3) is 6.37. The summed E-state index contributed by atoms with van der Waals surface area (Å²) in [6.07, 6.45) is 0. The summed E-state index contributed by atoms with van der Waals surface area (Å²) in [5.41, 5.74) is 9.06. The smallest absolute Gasteiger partial charge is 0.330 e. The van der Waals surface area contributed by atoms with Gasteiger partial charge in [-0.25, -0.2) is 0 Å². The van der Waals surface area contributed by atoms with E-state index in [1.807, 2.05) is 25.7 Å². The Morgan fingerprint density at radius 1 is 0.583 bits per heavy atom. The highest BCUT2D eigenvalue weighted by Gasteiger charge is 2.34. The molecule has 1 atom stereocenters. The molecule has 0 N–H and O–H groups in total. The first-order valence-corrected chi connectivity index (χ1v) is 16.9. The molecular weight excluding hydrogens is 606 g/mol. The summed E-state index contributed by atoms with van der Waals surface area (Å²) in [6.45, 7) is 8.52. The highest BCUT2D eigenvalue weighted by molar-refractivity contribution is 7.19. The maximum absolute atomic E-state index is 6.76. The van der Waals surface area contributed by atoms with E-state index < -0.39 is 0 Å². The monoisotopic (exact) mass is 645 g/mol. The molecule has 0 saturated heterocycles. The zero-order valence-electron chi connectivity index (χ0n) is 27.8. The molecule has 0 spiro atoms. The van der Waals surface area contributed by atoms with Crippen LogP contribution in [0.3, 0.4) is 0 Å². The molecule has 6 heteroatoms. The van der Waals surface area contributed by atoms with Gasteiger partial charge in [0.1, 0.15) is 0 Å². The fraction of sp³-hybridized carbons (Fsp3) is 0.143. The number of para-hydroxylation sites is 2. The summed E-state index contributed by atoms with van der Waals surface area (Å²) in [7, 11) is 4.73. The first kappa shape index (κ1) is 31.8. The summed E-state index contributed by atoms with van der Waals surface area (Å²) in [6, 6.07) is 52.8. The average Bonchev–Trinajstić information content (AvgIpc) is 3.11. The summed E-state index contributed by atoms with van der Waals surface area (Å²) >= 11 is 0. The van der Waals surface area contributed by atoms with Crippen LogP contribution in [0.15, 0.2) is 152 Å². The Kier molecular flexibility index (Phi) is 8.60. The Morgan fingerprint density at radius 2 is 1.10 bits per heavy atom. The van der Waals surface area contributed by atoms with Crippen LogP contribution in [-0.2, 0) is 4.65 Å². The van der Waals surface area contributed by atoms with Gasteiger partial charge in [-0.15, -0.1) is 9.24 Å². The van der Waals surface area contributed by atoms with Gasteiger partial charge in [-0.3, -0.25) is 0 Å². The lowest BCUT2D eigenvalue weighted by molar-refractivity contribution is 0.0841. The Balaban J connectivity index is 1.28. The van der Waals surface area contributed by atoms with Gasteiger partial charge in [-0.2, -0.15) is 0 Å². The highest BCUT2D eigenvalue weighted by atomic mass is 31.0. The van der Waals surface area contributed by atoms with Gasteiger partial charge in [0, 0.05) is 34.0 Å². The van der Waals surface area contributed by atoms with Crippen LogP contribution in [-0.4, -0.2) is 18.2 Å². The van der Waals surface area contributed by atoms with Crippen LogP contribution in [0.2, 0.25) is 0 Å². The molecule has 1 unspecified atom stereocenters. The molecule has 1 heterocycles. The van der Waals surface area contributed by atoms with E-state index in [1.54, 1.807) is 0 Å². The lowest BCUT2D eigenvalue weighted by Gasteiger charge is -2.39. The van der Waals surface area contributed by atoms with E-state index >= 15 is 0 Å². The molecule has 0 aromatic heterocycles. The molecule has 1 radical (unpaired) electrons. The number of nitrogens with zero attached hydrogens (tertiary/aromatic N) is 2. The van der Waals surface area contributed by atoms with Gasteiger partial charge < -0.3 is 19.2 Å². The van der Waals surface area contributed by atoms with Crippen molar-refractivity contribution in [2.45, 2.75) is 38.5 Å². The Morgan fingerprint density at radius 3 is 1.75 bits per heavy atom. The van der Waals surface area contributed by atoms with E-state index in [0.717, 1.165) is 51.1 Å². The highest BCUT2D eigenvalue weighted by Crippen LogP contribution is 2.52. The van der Waals surface area contributed by atoms with Crippen molar-refractivity contribution in [3.05, 3.63) is 152 Å². The quantitative estimate of drug-likeness (QED) is 0.115. The van der Waals surface area contributed by atoms with E-state index in [2.05, 4.69) is 180 Å². The summed E-state index contributed by atoms with van der Waals surface area (Å²) in [4.78, 5) is 4.53. The maximum atomic E-state index is 6.76. The van der Waals surface area contributed by atoms with Gasteiger partial charge in [0.05, 0.1) is 17.0 Å². The lowest BCUT2D eigenvalue weighted by atomic mass is 9.83. The normalized spacial score (nSPS) is 12.5. The van der Waals surface area contributed by atoms with Crippen LogP contribution in [0.4, 0.5) is 34.1 Å². The second kappa shape index (κ2) is 13.0. The van der Waals surface area contributed by atoms with E-state index in [-0.39, 0.29) is 10.8 Å². The molecule has 0 fully saturated rings. The molecule has 6 aromatic rings. The molecule has 0 amide bonds. The van der Waals surface area contributed by atoms with Crippen LogP contribution in [0.5, 0.6) is 11.5 Å². The first-order chi connectivity index (χ1) is 23.2. The third-order valence-electron chi connectivity index (χ3n) is 9.19. The van der Waals surface area contributed by atoms with Crippen LogP contribution in [0.25, 0.3) is 11.1 Å². The molecule has 7 rings (SSSR count). The average molecular weight is 646 g/mol. The maximum Gasteiger partial charge on any atom is 0.330 e. The Labute approximate surface area is 287 Å². The fourth-order valence-electron chi connectivity index (χ4n) is 5.71. The van der Waals surface area contributed by atoms with E-state index in [0.29, 0.717) is 0 Å². The van der Waals surface area contributed by atoms with E-state index in [9.17, 15) is 0 Å². The molecule has 0 saturated carbocycles. The van der Waals surface area contributed by atoms with Crippen LogP contribution in [0.1, 0.15) is 27.7 Å². The van der Waals surface area contributed by atoms with Crippen molar-refractivity contribution in [3.8, 4) is 22.6 Å². The van der Waals surface area contributed by atoms with Gasteiger partial charge >= 0.3 is 7.48 Å². The number of fused-ring (bicyclic) bond motifs is 2. The van der Waals surface area contributed by atoms with Crippen molar-refractivity contribution in [2.75, 3.05) is 9.80 Å². The zero-order chi connectivity index (χ0) is 33.3. The SMILES string of the molecule is CC(C)(P)C(C)(C)O[B]c1ccc2c(c1)Oc1cc(N(c3ccccc3)c3ccc(-c4ccccc4)cc3)ccc1N2c1ccccc1. The van der Waals surface area contributed by atoms with E-state index in [1.165, 1.54) is 11.1 Å². The molecule has 0 bridgehead atoms. The Hall–Kier alpha value is -4.83. The minimum absolute atomic E-state index is 0.111. The summed E-state index contributed by atoms with van der Waals surface area (Å²) in [5.74, 6) is 1.54. The lowest BCUT2D eigenvalue weighted by Crippen LogP contribution is -2.45. The largest absolute Gasteiger partial charge is 0.453 e. The van der Waals surface area contributed by atoms with Crippen molar-refractivity contribution in [2.24, 2.45) is 0 Å². The molecular formula is C42H39BN2O2P. The van der Waals surface area contributed by atoms with Crippen molar-refractivity contribution in [1.82, 2.24) is 0 Å². The first-order valence-electron chi connectivity index (χ1n) is 16.3. The number of rotatable bonds is 9. The standard InChI is InChI=1S/C42H39BN2O2P/c1-41(2,42(3,4)48)47-43-32-22-26-37-39(28-32)46-40-29-36(25-27-38(40)45(37)34-18-12-7-13-19-34)44(33-16-10-6-11-17-33)35-23-20-31(21-24-35)30-14-8-5-9-15-30/h5-29H,48H2,1-4H3. The van der Waals surface area contributed by atoms with Gasteiger partial charge in [-0.05, 0) is 91.1 Å². The molecule has 4 nitrogen and oxygen atoms in total. The second-order valence-electron chi connectivity index (χ2n) is 13.2. The fourth-order valence-corrected chi connectivity index (χ4v) is 5.78. The van der Waals surface area contributed by atoms with Crippen molar-refractivity contribution in [1.29, 1.82) is 0 Å². The molecule has 0 aliphatic carbocycles. The van der Waals surface area contributed by atoms with Crippen molar-refractivity contribution in [3.63, 3.8) is 0 Å². The molecule has 1 aliphatic rings. The number of benzene rings is 6. The number of hydrogen-bond acceptors (Lipinski definition) is 4. The van der Waals surface area contributed by atoms with Crippen molar-refractivity contribution >= 4 is 56.3 Å². The Bertz CT molecular complexity index is 2010. The molecule has 237 valence electrons. The summed E-state index contributed by atoms with van der Waals surface area (Å²) < 4.78 is 13.1. The molecule has 1 aliphatic heterocycles. The summed E-state index contributed by atoms with van der Waals surface area (Å²) in [5, 5.41) is -0.111.